The molecule has 4 nitrogen and oxygen atoms in total. The van der Waals surface area contributed by atoms with Gasteiger partial charge in [-0.15, -0.1) is 0 Å². The summed E-state index contributed by atoms with van der Waals surface area (Å²) in [5.74, 6) is 4.69. The second-order valence-electron chi connectivity index (χ2n) is 6.77. The molecule has 0 radical (unpaired) electrons. The van der Waals surface area contributed by atoms with Crippen LogP contribution in [0.25, 0.3) is 0 Å². The van der Waals surface area contributed by atoms with Crippen LogP contribution in [0.2, 0.25) is 0 Å². The van der Waals surface area contributed by atoms with Crippen LogP contribution in [0.5, 0.6) is 0 Å². The van der Waals surface area contributed by atoms with Gasteiger partial charge in [-0.25, -0.2) is 0 Å². The fraction of sp³-hybridized carbons (Fsp3) is 0.938. The smallest absolute Gasteiger partial charge is 0.191 e. The fourth-order valence-corrected chi connectivity index (χ4v) is 3.85. The van der Waals surface area contributed by atoms with E-state index < -0.39 is 0 Å². The van der Waals surface area contributed by atoms with E-state index in [0.717, 1.165) is 37.4 Å². The lowest BCUT2D eigenvalue weighted by atomic mass is 9.96. The summed E-state index contributed by atoms with van der Waals surface area (Å²) in [6, 6.07) is 0. The van der Waals surface area contributed by atoms with Gasteiger partial charge in [0.25, 0.3) is 0 Å². The first-order valence-corrected chi connectivity index (χ1v) is 9.65. The summed E-state index contributed by atoms with van der Waals surface area (Å²) >= 11 is 2.01. The van der Waals surface area contributed by atoms with Crippen LogP contribution < -0.4 is 5.73 Å². The summed E-state index contributed by atoms with van der Waals surface area (Å²) in [4.78, 5) is 9.52. The fourth-order valence-electron chi connectivity index (χ4n) is 2.95. The number of guanidine groups is 1. The Kier molecular flexibility index (Phi) is 7.17. The molecule has 0 saturated carbocycles. The van der Waals surface area contributed by atoms with Gasteiger partial charge in [-0.3, -0.25) is 4.99 Å². The average molecular weight is 313 g/mol. The summed E-state index contributed by atoms with van der Waals surface area (Å²) < 4.78 is 0. The Hall–Kier alpha value is -0.420. The maximum Gasteiger partial charge on any atom is 0.191 e. The normalized spacial score (nSPS) is 23.0. The lowest BCUT2D eigenvalue weighted by Crippen LogP contribution is -2.43. The summed E-state index contributed by atoms with van der Waals surface area (Å²) in [5, 5.41) is 0. The molecule has 2 fully saturated rings. The van der Waals surface area contributed by atoms with Gasteiger partial charge in [0.05, 0.1) is 0 Å². The number of piperidine rings is 1. The van der Waals surface area contributed by atoms with E-state index in [0.29, 0.717) is 0 Å². The number of thioether (sulfide) groups is 1. The van der Waals surface area contributed by atoms with Crippen LogP contribution in [0.1, 0.15) is 33.1 Å². The molecule has 21 heavy (non-hydrogen) atoms. The summed E-state index contributed by atoms with van der Waals surface area (Å²) in [6.07, 6.45) is 3.89. The quantitative estimate of drug-likeness (QED) is 0.624. The number of aliphatic imine (C=N–C) groups is 1. The zero-order valence-corrected chi connectivity index (χ0v) is 14.6. The van der Waals surface area contributed by atoms with E-state index in [-0.39, 0.29) is 0 Å². The molecule has 122 valence electrons. The van der Waals surface area contributed by atoms with Crippen molar-refractivity contribution in [3.05, 3.63) is 0 Å². The molecule has 2 heterocycles. The Labute approximate surface area is 134 Å². The van der Waals surface area contributed by atoms with Crippen molar-refractivity contribution in [1.82, 2.24) is 9.80 Å². The van der Waals surface area contributed by atoms with Crippen molar-refractivity contribution in [3.63, 3.8) is 0 Å². The molecule has 0 atom stereocenters. The third-order valence-electron chi connectivity index (χ3n) is 4.58. The number of hydrogen-bond acceptors (Lipinski definition) is 3. The van der Waals surface area contributed by atoms with Gasteiger partial charge < -0.3 is 15.5 Å². The summed E-state index contributed by atoms with van der Waals surface area (Å²) in [7, 11) is 0. The molecule has 0 unspecified atom stereocenters. The molecule has 0 aliphatic carbocycles. The molecule has 2 rings (SSSR count). The van der Waals surface area contributed by atoms with Crippen molar-refractivity contribution in [2.45, 2.75) is 33.1 Å². The first-order chi connectivity index (χ1) is 10.1. The standard InChI is InChI=1S/C16H32N4S/c1-14(2)3-6-19-7-4-15(5-8-19)13-18-16(17)20-9-11-21-12-10-20/h14-15H,3-13H2,1-2H3,(H2,17,18). The second-order valence-corrected chi connectivity index (χ2v) is 7.99. The molecule has 0 amide bonds. The van der Waals surface area contributed by atoms with E-state index in [1.165, 1.54) is 50.4 Å². The van der Waals surface area contributed by atoms with Crippen LogP contribution >= 0.6 is 11.8 Å². The van der Waals surface area contributed by atoms with Crippen molar-refractivity contribution < 1.29 is 0 Å². The number of hydrogen-bond donors (Lipinski definition) is 1. The maximum atomic E-state index is 6.13. The zero-order valence-electron chi connectivity index (χ0n) is 13.8. The van der Waals surface area contributed by atoms with Crippen molar-refractivity contribution in [3.8, 4) is 0 Å². The predicted molar refractivity (Wildman–Crippen MR) is 94.0 cm³/mol. The molecule has 0 aromatic rings. The molecule has 5 heteroatoms. The number of likely N-dealkylation sites (tertiary alicyclic amines) is 1. The van der Waals surface area contributed by atoms with Crippen LogP contribution in [0, 0.1) is 11.8 Å². The molecule has 0 spiro atoms. The van der Waals surface area contributed by atoms with E-state index in [1.807, 2.05) is 11.8 Å². The lowest BCUT2D eigenvalue weighted by molar-refractivity contribution is 0.179. The molecule has 2 N–H and O–H groups in total. The predicted octanol–water partition coefficient (Wildman–Crippen LogP) is 2.11. The van der Waals surface area contributed by atoms with Crippen LogP contribution in [-0.2, 0) is 0 Å². The third-order valence-corrected chi connectivity index (χ3v) is 5.52. The van der Waals surface area contributed by atoms with Crippen LogP contribution in [0.3, 0.4) is 0 Å². The minimum absolute atomic E-state index is 0.734. The van der Waals surface area contributed by atoms with Crippen molar-refractivity contribution in [2.75, 3.05) is 50.8 Å². The Bertz CT molecular complexity index is 318. The lowest BCUT2D eigenvalue weighted by Gasteiger charge is -2.32. The van der Waals surface area contributed by atoms with Gasteiger partial charge in [-0.2, -0.15) is 11.8 Å². The average Bonchev–Trinajstić information content (AvgIpc) is 2.52. The molecule has 0 aromatic carbocycles. The Morgan fingerprint density at radius 2 is 1.86 bits per heavy atom. The van der Waals surface area contributed by atoms with Gasteiger partial charge in [-0.05, 0) is 50.7 Å². The van der Waals surface area contributed by atoms with Crippen LogP contribution in [0.4, 0.5) is 0 Å². The first kappa shape index (κ1) is 16.9. The highest BCUT2D eigenvalue weighted by Gasteiger charge is 2.19. The SMILES string of the molecule is CC(C)CCN1CCC(CN=C(N)N2CCSCC2)CC1. The Balaban J connectivity index is 1.66. The van der Waals surface area contributed by atoms with Crippen molar-refractivity contribution >= 4 is 17.7 Å². The topological polar surface area (TPSA) is 44.9 Å². The highest BCUT2D eigenvalue weighted by molar-refractivity contribution is 7.99. The van der Waals surface area contributed by atoms with E-state index in [4.69, 9.17) is 5.73 Å². The summed E-state index contributed by atoms with van der Waals surface area (Å²) in [6.45, 7) is 11.4. The summed E-state index contributed by atoms with van der Waals surface area (Å²) in [5.41, 5.74) is 6.13. The Morgan fingerprint density at radius 1 is 1.19 bits per heavy atom. The molecule has 2 aliphatic rings. The van der Waals surface area contributed by atoms with Gasteiger partial charge in [0.2, 0.25) is 0 Å². The maximum absolute atomic E-state index is 6.13. The van der Waals surface area contributed by atoms with E-state index in [2.05, 4.69) is 28.6 Å². The van der Waals surface area contributed by atoms with E-state index in [9.17, 15) is 0 Å². The van der Waals surface area contributed by atoms with Gasteiger partial charge in [0, 0.05) is 31.1 Å². The first-order valence-electron chi connectivity index (χ1n) is 8.50. The van der Waals surface area contributed by atoms with Gasteiger partial charge in [0.1, 0.15) is 0 Å². The number of rotatable bonds is 5. The van der Waals surface area contributed by atoms with Crippen molar-refractivity contribution in [1.29, 1.82) is 0 Å². The molecule has 2 aliphatic heterocycles. The van der Waals surface area contributed by atoms with Crippen LogP contribution in [-0.4, -0.2) is 66.5 Å². The largest absolute Gasteiger partial charge is 0.370 e. The molecule has 0 bridgehead atoms. The monoisotopic (exact) mass is 312 g/mol. The number of nitrogens with two attached hydrogens (primary N) is 1. The molecule has 2 saturated heterocycles. The zero-order chi connectivity index (χ0) is 15.1. The molecular weight excluding hydrogens is 280 g/mol. The number of nitrogens with zero attached hydrogens (tertiary/aromatic N) is 3. The minimum atomic E-state index is 0.734. The van der Waals surface area contributed by atoms with Gasteiger partial charge in [0.15, 0.2) is 5.96 Å². The third kappa shape index (κ3) is 6.07. The van der Waals surface area contributed by atoms with E-state index in [1.54, 1.807) is 0 Å². The molecular formula is C16H32N4S. The van der Waals surface area contributed by atoms with Crippen molar-refractivity contribution in [2.24, 2.45) is 22.6 Å². The highest BCUT2D eigenvalue weighted by Crippen LogP contribution is 2.18. The highest BCUT2D eigenvalue weighted by atomic mass is 32.2. The van der Waals surface area contributed by atoms with Gasteiger partial charge in [-0.1, -0.05) is 13.8 Å². The second kappa shape index (κ2) is 8.89. The minimum Gasteiger partial charge on any atom is -0.370 e. The van der Waals surface area contributed by atoms with Crippen LogP contribution in [0.15, 0.2) is 4.99 Å². The van der Waals surface area contributed by atoms with Gasteiger partial charge >= 0.3 is 0 Å². The molecule has 0 aromatic heterocycles. The van der Waals surface area contributed by atoms with E-state index >= 15 is 0 Å². The Morgan fingerprint density at radius 3 is 2.48 bits per heavy atom.